The zero-order valence-electron chi connectivity index (χ0n) is 14.8. The Kier molecular flexibility index (Phi) is 6.36. The van der Waals surface area contributed by atoms with Crippen molar-refractivity contribution in [2.45, 2.75) is 19.9 Å². The van der Waals surface area contributed by atoms with E-state index in [0.29, 0.717) is 18.5 Å². The van der Waals surface area contributed by atoms with Crippen LogP contribution in [0.2, 0.25) is 0 Å². The van der Waals surface area contributed by atoms with Gasteiger partial charge in [-0.15, -0.1) is 0 Å². The van der Waals surface area contributed by atoms with Gasteiger partial charge < -0.3 is 9.64 Å². The topological polar surface area (TPSA) is 53.3 Å². The molecule has 2 aromatic carbocycles. The second-order valence-electron chi connectivity index (χ2n) is 5.98. The number of rotatable bonds is 6. The van der Waals surface area contributed by atoms with E-state index in [1.165, 1.54) is 0 Å². The fourth-order valence-electron chi connectivity index (χ4n) is 2.56. The molecule has 0 aliphatic rings. The molecule has 1 amide bonds. The lowest BCUT2D eigenvalue weighted by molar-refractivity contribution is -0.125. The van der Waals surface area contributed by atoms with E-state index in [4.69, 9.17) is 10.00 Å². The van der Waals surface area contributed by atoms with E-state index in [0.717, 1.165) is 22.4 Å². The molecule has 0 spiro atoms. The van der Waals surface area contributed by atoms with E-state index in [9.17, 15) is 4.79 Å². The van der Waals surface area contributed by atoms with Crippen molar-refractivity contribution in [2.24, 2.45) is 0 Å². The summed E-state index contributed by atoms with van der Waals surface area (Å²) in [5.74, 6) is 0.783. The highest BCUT2D eigenvalue weighted by Gasteiger charge is 2.09. The molecule has 0 bridgehead atoms. The molecule has 0 heterocycles. The molecule has 4 heteroatoms. The van der Waals surface area contributed by atoms with Crippen LogP contribution in [0.3, 0.4) is 0 Å². The standard InChI is InChI=1S/C21H22N2O2/c1-16(12-19-6-4-5-7-20(19)25-3)13-21(24)23(2)15-18-10-8-17(14-22)9-11-18/h4-11,13H,12,15H2,1-3H3/b16-13-. The minimum atomic E-state index is -0.0447. The first-order valence-corrected chi connectivity index (χ1v) is 8.06. The minimum Gasteiger partial charge on any atom is -0.496 e. The Bertz CT molecular complexity index is 801. The molecule has 0 unspecified atom stereocenters. The van der Waals surface area contributed by atoms with Gasteiger partial charge in [0.1, 0.15) is 5.75 Å². The summed E-state index contributed by atoms with van der Waals surface area (Å²) in [5, 5.41) is 8.82. The van der Waals surface area contributed by atoms with Crippen molar-refractivity contribution >= 4 is 5.91 Å². The molecular weight excluding hydrogens is 312 g/mol. The number of hydrogen-bond donors (Lipinski definition) is 0. The van der Waals surface area contributed by atoms with Crippen LogP contribution in [0, 0.1) is 11.3 Å². The minimum absolute atomic E-state index is 0.0447. The van der Waals surface area contributed by atoms with Gasteiger partial charge in [-0.1, -0.05) is 35.9 Å². The maximum absolute atomic E-state index is 12.4. The van der Waals surface area contributed by atoms with Crippen LogP contribution in [0.1, 0.15) is 23.6 Å². The molecule has 0 N–H and O–H groups in total. The highest BCUT2D eigenvalue weighted by Crippen LogP contribution is 2.20. The molecule has 0 aromatic heterocycles. The van der Waals surface area contributed by atoms with Gasteiger partial charge in [0.05, 0.1) is 18.7 Å². The van der Waals surface area contributed by atoms with Crippen LogP contribution in [0.4, 0.5) is 0 Å². The predicted molar refractivity (Wildman–Crippen MR) is 98.1 cm³/mol. The van der Waals surface area contributed by atoms with Crippen LogP contribution in [-0.2, 0) is 17.8 Å². The summed E-state index contributed by atoms with van der Waals surface area (Å²) >= 11 is 0. The van der Waals surface area contributed by atoms with Crippen molar-refractivity contribution in [3.63, 3.8) is 0 Å². The Morgan fingerprint density at radius 2 is 1.88 bits per heavy atom. The number of nitrogens with zero attached hydrogens (tertiary/aromatic N) is 2. The molecule has 2 rings (SSSR count). The maximum atomic E-state index is 12.4. The maximum Gasteiger partial charge on any atom is 0.246 e. The number of carbonyl (C=O) groups excluding carboxylic acids is 1. The third-order valence-electron chi connectivity index (χ3n) is 3.91. The monoisotopic (exact) mass is 334 g/mol. The summed E-state index contributed by atoms with van der Waals surface area (Å²) in [4.78, 5) is 14.1. The van der Waals surface area contributed by atoms with E-state index in [1.807, 2.05) is 43.3 Å². The average Bonchev–Trinajstić information content (AvgIpc) is 2.62. The quantitative estimate of drug-likeness (QED) is 0.757. The number of allylic oxidation sites excluding steroid dienone is 1. The summed E-state index contributed by atoms with van der Waals surface area (Å²) in [7, 11) is 3.42. The SMILES string of the molecule is COc1ccccc1C/C(C)=C\C(=O)N(C)Cc1ccc(C#N)cc1. The van der Waals surface area contributed by atoms with Gasteiger partial charge in [0, 0.05) is 19.7 Å². The highest BCUT2D eigenvalue weighted by molar-refractivity contribution is 5.88. The largest absolute Gasteiger partial charge is 0.496 e. The third kappa shape index (κ3) is 5.22. The number of benzene rings is 2. The summed E-state index contributed by atoms with van der Waals surface area (Å²) in [6, 6.07) is 17.2. The van der Waals surface area contributed by atoms with Gasteiger partial charge in [0.2, 0.25) is 5.91 Å². The first kappa shape index (κ1) is 18.3. The van der Waals surface area contributed by atoms with E-state index in [-0.39, 0.29) is 5.91 Å². The van der Waals surface area contributed by atoms with Crippen LogP contribution in [-0.4, -0.2) is 25.0 Å². The normalized spacial score (nSPS) is 10.9. The van der Waals surface area contributed by atoms with Gasteiger partial charge in [-0.3, -0.25) is 4.79 Å². The van der Waals surface area contributed by atoms with Crippen LogP contribution < -0.4 is 4.74 Å². The van der Waals surface area contributed by atoms with E-state index < -0.39 is 0 Å². The molecule has 0 aliphatic carbocycles. The molecular formula is C21H22N2O2. The second kappa shape index (κ2) is 8.70. The fraction of sp³-hybridized carbons (Fsp3) is 0.238. The number of ether oxygens (including phenoxy) is 1. The van der Waals surface area contributed by atoms with Crippen molar-refractivity contribution in [1.29, 1.82) is 5.26 Å². The Morgan fingerprint density at radius 1 is 1.20 bits per heavy atom. The van der Waals surface area contributed by atoms with Crippen LogP contribution >= 0.6 is 0 Å². The Hall–Kier alpha value is -3.06. The van der Waals surface area contributed by atoms with E-state index >= 15 is 0 Å². The molecule has 0 saturated carbocycles. The Balaban J connectivity index is 2.00. The van der Waals surface area contributed by atoms with E-state index in [1.54, 1.807) is 37.3 Å². The predicted octanol–water partition coefficient (Wildman–Crippen LogP) is 3.71. The van der Waals surface area contributed by atoms with Crippen molar-refractivity contribution < 1.29 is 9.53 Å². The average molecular weight is 334 g/mol. The molecule has 0 fully saturated rings. The molecule has 4 nitrogen and oxygen atoms in total. The fourth-order valence-corrected chi connectivity index (χ4v) is 2.56. The zero-order chi connectivity index (χ0) is 18.2. The molecule has 0 aliphatic heterocycles. The number of para-hydroxylation sites is 1. The zero-order valence-corrected chi connectivity index (χ0v) is 14.8. The van der Waals surface area contributed by atoms with Gasteiger partial charge in [0.15, 0.2) is 0 Å². The first-order chi connectivity index (χ1) is 12.0. The van der Waals surface area contributed by atoms with Crippen molar-refractivity contribution in [3.8, 4) is 11.8 Å². The molecule has 128 valence electrons. The van der Waals surface area contributed by atoms with Gasteiger partial charge >= 0.3 is 0 Å². The second-order valence-corrected chi connectivity index (χ2v) is 5.98. The van der Waals surface area contributed by atoms with E-state index in [2.05, 4.69) is 6.07 Å². The highest BCUT2D eigenvalue weighted by atomic mass is 16.5. The number of hydrogen-bond acceptors (Lipinski definition) is 3. The number of likely N-dealkylation sites (N-methyl/N-ethyl adjacent to an activating group) is 1. The Labute approximate surface area is 149 Å². The van der Waals surface area contributed by atoms with Gasteiger partial charge in [0.25, 0.3) is 0 Å². The third-order valence-corrected chi connectivity index (χ3v) is 3.91. The molecule has 25 heavy (non-hydrogen) atoms. The first-order valence-electron chi connectivity index (χ1n) is 8.06. The molecule has 0 atom stereocenters. The van der Waals surface area contributed by atoms with Crippen molar-refractivity contribution in [2.75, 3.05) is 14.2 Å². The number of methoxy groups -OCH3 is 1. The summed E-state index contributed by atoms with van der Waals surface area (Å²) in [5.41, 5.74) is 3.64. The lowest BCUT2D eigenvalue weighted by Gasteiger charge is -2.16. The van der Waals surface area contributed by atoms with Crippen LogP contribution in [0.5, 0.6) is 5.75 Å². The lowest BCUT2D eigenvalue weighted by Crippen LogP contribution is -2.24. The summed E-state index contributed by atoms with van der Waals surface area (Å²) in [6.07, 6.45) is 2.33. The Morgan fingerprint density at radius 3 is 2.52 bits per heavy atom. The number of nitriles is 1. The van der Waals surface area contributed by atoms with Gasteiger partial charge in [-0.05, 0) is 42.7 Å². The summed E-state index contributed by atoms with van der Waals surface area (Å²) < 4.78 is 5.35. The molecule has 0 saturated heterocycles. The summed E-state index contributed by atoms with van der Waals surface area (Å²) in [6.45, 7) is 2.45. The van der Waals surface area contributed by atoms with Crippen molar-refractivity contribution in [1.82, 2.24) is 4.90 Å². The number of amides is 1. The smallest absolute Gasteiger partial charge is 0.246 e. The molecule has 0 radical (unpaired) electrons. The molecule has 2 aromatic rings. The van der Waals surface area contributed by atoms with Gasteiger partial charge in [-0.25, -0.2) is 0 Å². The number of carbonyl (C=O) groups is 1. The van der Waals surface area contributed by atoms with Crippen LogP contribution in [0.25, 0.3) is 0 Å². The van der Waals surface area contributed by atoms with Gasteiger partial charge in [-0.2, -0.15) is 5.26 Å². The van der Waals surface area contributed by atoms with Crippen molar-refractivity contribution in [3.05, 3.63) is 76.9 Å². The lowest BCUT2D eigenvalue weighted by atomic mass is 10.0. The van der Waals surface area contributed by atoms with Crippen LogP contribution in [0.15, 0.2) is 60.2 Å².